The van der Waals surface area contributed by atoms with Crippen molar-refractivity contribution in [1.29, 1.82) is 0 Å². The molecule has 0 atom stereocenters. The summed E-state index contributed by atoms with van der Waals surface area (Å²) in [5.74, 6) is 0. The maximum Gasteiger partial charge on any atom is 0.204 e. The van der Waals surface area contributed by atoms with Crippen LogP contribution in [0.25, 0.3) is 21.7 Å². The Morgan fingerprint density at radius 2 is 1.31 bits per heavy atom. The summed E-state index contributed by atoms with van der Waals surface area (Å²) in [6, 6.07) is 30.6. The van der Waals surface area contributed by atoms with Gasteiger partial charge in [-0.05, 0) is 11.1 Å². The quantitative estimate of drug-likeness (QED) is 0.356. The zero-order valence-electron chi connectivity index (χ0n) is 14.0. The lowest BCUT2D eigenvalue weighted by Gasteiger charge is -2.02. The number of hydrogen-bond donors (Lipinski definition) is 1. The predicted molar refractivity (Wildman–Crippen MR) is 111 cm³/mol. The molecule has 0 aliphatic heterocycles. The molecule has 0 radical (unpaired) electrons. The lowest BCUT2D eigenvalue weighted by Crippen LogP contribution is -1.89. The Morgan fingerprint density at radius 1 is 0.731 bits per heavy atom. The van der Waals surface area contributed by atoms with Crippen LogP contribution < -0.4 is 5.43 Å². The van der Waals surface area contributed by atoms with Crippen molar-refractivity contribution < 1.29 is 0 Å². The van der Waals surface area contributed by atoms with Gasteiger partial charge in [-0.1, -0.05) is 102 Å². The summed E-state index contributed by atoms with van der Waals surface area (Å²) in [4.78, 5) is 5.92. The van der Waals surface area contributed by atoms with Crippen LogP contribution in [0, 0.1) is 0 Å². The number of aromatic nitrogens is 1. The first-order valence-corrected chi connectivity index (χ1v) is 9.17. The highest BCUT2D eigenvalue weighted by molar-refractivity contribution is 7.19. The van der Waals surface area contributed by atoms with E-state index >= 15 is 0 Å². The fraction of sp³-hybridized carbons (Fsp3) is 0. The first-order valence-electron chi connectivity index (χ1n) is 8.36. The normalized spacial score (nSPS) is 10.9. The molecule has 1 N–H and O–H groups in total. The van der Waals surface area contributed by atoms with Crippen molar-refractivity contribution in [3.05, 3.63) is 96.6 Å². The van der Waals surface area contributed by atoms with E-state index in [1.165, 1.54) is 0 Å². The molecule has 3 nitrogen and oxygen atoms in total. The largest absolute Gasteiger partial charge is 0.253 e. The molecule has 0 unspecified atom stereocenters. The predicted octanol–water partition coefficient (Wildman–Crippen LogP) is 5.92. The molecule has 0 spiro atoms. The summed E-state index contributed by atoms with van der Waals surface area (Å²) in [5, 5.41) is 5.10. The third-order valence-corrected chi connectivity index (χ3v) is 4.89. The van der Waals surface area contributed by atoms with Crippen LogP contribution in [0.2, 0.25) is 0 Å². The lowest BCUT2D eigenvalue weighted by molar-refractivity contribution is 1.29. The number of anilines is 1. The number of nitrogens with zero attached hydrogens (tertiary/aromatic N) is 2. The van der Waals surface area contributed by atoms with E-state index in [0.29, 0.717) is 0 Å². The fourth-order valence-corrected chi connectivity index (χ4v) is 3.59. The van der Waals surface area contributed by atoms with Crippen molar-refractivity contribution in [3.63, 3.8) is 0 Å². The smallest absolute Gasteiger partial charge is 0.204 e. The number of rotatable bonds is 5. The number of thiazole rings is 1. The van der Waals surface area contributed by atoms with Gasteiger partial charge in [-0.15, -0.1) is 0 Å². The summed E-state index contributed by atoms with van der Waals surface area (Å²) >= 11 is 1.61. The van der Waals surface area contributed by atoms with Crippen LogP contribution in [-0.4, -0.2) is 11.2 Å². The van der Waals surface area contributed by atoms with Gasteiger partial charge in [-0.25, -0.2) is 4.98 Å². The Balaban J connectivity index is 1.66. The van der Waals surface area contributed by atoms with Crippen LogP contribution in [0.4, 0.5) is 5.13 Å². The first kappa shape index (κ1) is 16.2. The molecular formula is C22H17N3S. The Morgan fingerprint density at radius 3 is 1.96 bits per heavy atom. The van der Waals surface area contributed by atoms with E-state index in [9.17, 15) is 0 Å². The third-order valence-electron chi connectivity index (χ3n) is 3.88. The SMILES string of the molecule is C(=N/Nc1nc(-c2ccccc2)c(-c2ccccc2)s1)/c1ccccc1. The highest BCUT2D eigenvalue weighted by Crippen LogP contribution is 2.38. The lowest BCUT2D eigenvalue weighted by atomic mass is 10.1. The zero-order chi connectivity index (χ0) is 17.6. The maximum atomic E-state index is 4.78. The Bertz CT molecular complexity index is 937. The molecule has 4 aromatic rings. The molecule has 0 amide bonds. The highest BCUT2D eigenvalue weighted by Gasteiger charge is 2.14. The minimum atomic E-state index is 0.773. The summed E-state index contributed by atoms with van der Waals surface area (Å²) in [6.07, 6.45) is 1.80. The summed E-state index contributed by atoms with van der Waals surface area (Å²) in [6.45, 7) is 0. The Hall–Kier alpha value is -3.24. The third kappa shape index (κ3) is 3.71. The van der Waals surface area contributed by atoms with Gasteiger partial charge in [-0.2, -0.15) is 5.10 Å². The van der Waals surface area contributed by atoms with Crippen LogP contribution >= 0.6 is 11.3 Å². The number of nitrogens with one attached hydrogen (secondary N) is 1. The second-order valence-corrected chi connectivity index (χ2v) is 6.71. The molecule has 1 aromatic heterocycles. The first-order chi connectivity index (χ1) is 12.9. The minimum Gasteiger partial charge on any atom is -0.253 e. The molecule has 0 aliphatic rings. The summed E-state index contributed by atoms with van der Waals surface area (Å²) in [7, 11) is 0. The van der Waals surface area contributed by atoms with Crippen molar-refractivity contribution in [2.24, 2.45) is 5.10 Å². The van der Waals surface area contributed by atoms with Crippen LogP contribution in [0.3, 0.4) is 0 Å². The second-order valence-electron chi connectivity index (χ2n) is 5.71. The molecule has 0 saturated carbocycles. The van der Waals surface area contributed by atoms with Gasteiger partial charge < -0.3 is 0 Å². The van der Waals surface area contributed by atoms with Gasteiger partial charge in [0, 0.05) is 5.56 Å². The number of benzene rings is 3. The topological polar surface area (TPSA) is 37.3 Å². The van der Waals surface area contributed by atoms with Gasteiger partial charge in [-0.3, -0.25) is 5.43 Å². The zero-order valence-corrected chi connectivity index (χ0v) is 14.9. The van der Waals surface area contributed by atoms with Gasteiger partial charge in [0.1, 0.15) is 0 Å². The molecule has 4 rings (SSSR count). The molecule has 1 heterocycles. The monoisotopic (exact) mass is 355 g/mol. The average Bonchev–Trinajstić information content (AvgIpc) is 3.14. The second kappa shape index (κ2) is 7.76. The Labute approximate surface area is 156 Å². The molecular weight excluding hydrogens is 338 g/mol. The fourth-order valence-electron chi connectivity index (χ4n) is 2.65. The molecule has 0 bridgehead atoms. The van der Waals surface area contributed by atoms with E-state index in [4.69, 9.17) is 4.98 Å². The van der Waals surface area contributed by atoms with Gasteiger partial charge in [0.25, 0.3) is 0 Å². The molecule has 4 heteroatoms. The van der Waals surface area contributed by atoms with Gasteiger partial charge in [0.05, 0.1) is 16.8 Å². The van der Waals surface area contributed by atoms with Crippen LogP contribution in [0.15, 0.2) is 96.1 Å². The van der Waals surface area contributed by atoms with Crippen molar-refractivity contribution >= 4 is 22.7 Å². The van der Waals surface area contributed by atoms with Crippen molar-refractivity contribution in [3.8, 4) is 21.7 Å². The van der Waals surface area contributed by atoms with E-state index in [-0.39, 0.29) is 0 Å². The molecule has 3 aromatic carbocycles. The highest BCUT2D eigenvalue weighted by atomic mass is 32.1. The van der Waals surface area contributed by atoms with E-state index in [1.807, 2.05) is 66.7 Å². The van der Waals surface area contributed by atoms with Crippen LogP contribution in [0.5, 0.6) is 0 Å². The number of hydrazone groups is 1. The van der Waals surface area contributed by atoms with Crippen LogP contribution in [-0.2, 0) is 0 Å². The number of hydrogen-bond acceptors (Lipinski definition) is 4. The molecule has 0 aliphatic carbocycles. The van der Waals surface area contributed by atoms with E-state index < -0.39 is 0 Å². The van der Waals surface area contributed by atoms with Gasteiger partial charge in [0.15, 0.2) is 0 Å². The van der Waals surface area contributed by atoms with Gasteiger partial charge in [0.2, 0.25) is 5.13 Å². The standard InChI is InChI=1S/C22H17N3S/c1-4-10-17(11-5-1)16-23-25-22-24-20(18-12-6-2-7-13-18)21(26-22)19-14-8-3-9-15-19/h1-16H,(H,24,25)/b23-16-. The van der Waals surface area contributed by atoms with Crippen molar-refractivity contribution in [1.82, 2.24) is 4.98 Å². The van der Waals surface area contributed by atoms with Gasteiger partial charge >= 0.3 is 0 Å². The average molecular weight is 355 g/mol. The molecule has 26 heavy (non-hydrogen) atoms. The maximum absolute atomic E-state index is 4.78. The summed E-state index contributed by atoms with van der Waals surface area (Å²) < 4.78 is 0. The van der Waals surface area contributed by atoms with E-state index in [1.54, 1.807) is 17.6 Å². The molecule has 126 valence electrons. The van der Waals surface area contributed by atoms with Crippen molar-refractivity contribution in [2.75, 3.05) is 5.43 Å². The van der Waals surface area contributed by atoms with E-state index in [2.05, 4.69) is 34.8 Å². The minimum absolute atomic E-state index is 0.773. The summed E-state index contributed by atoms with van der Waals surface area (Å²) in [5.41, 5.74) is 7.34. The molecule has 0 saturated heterocycles. The van der Waals surface area contributed by atoms with Crippen LogP contribution in [0.1, 0.15) is 5.56 Å². The van der Waals surface area contributed by atoms with E-state index in [0.717, 1.165) is 32.4 Å². The molecule has 0 fully saturated rings. The van der Waals surface area contributed by atoms with Crippen molar-refractivity contribution in [2.45, 2.75) is 0 Å². The Kier molecular flexibility index (Phi) is 4.85.